The minimum atomic E-state index is -0.166. The van der Waals surface area contributed by atoms with Crippen LogP contribution >= 0.6 is 0 Å². The normalized spacial score (nSPS) is 15.8. The molecule has 166 valence electrons. The van der Waals surface area contributed by atoms with E-state index in [2.05, 4.69) is 32.7 Å². The van der Waals surface area contributed by atoms with Crippen molar-refractivity contribution in [1.82, 2.24) is 15.6 Å². The number of rotatable bonds is 7. The molecule has 1 fully saturated rings. The summed E-state index contributed by atoms with van der Waals surface area (Å²) in [4.78, 5) is 19.8. The van der Waals surface area contributed by atoms with Crippen LogP contribution in [0.2, 0.25) is 0 Å². The molecule has 4 rings (SSSR count). The predicted octanol–water partition coefficient (Wildman–Crippen LogP) is 3.18. The zero-order valence-electron chi connectivity index (χ0n) is 18.4. The number of carbonyl (C=O) groups is 1. The Kier molecular flexibility index (Phi) is 6.87. The molecule has 32 heavy (non-hydrogen) atoms. The quantitative estimate of drug-likeness (QED) is 0.597. The number of piperazine rings is 1. The Morgan fingerprint density at radius 2 is 1.97 bits per heavy atom. The highest BCUT2D eigenvalue weighted by molar-refractivity contribution is 5.98. The molecule has 1 aliphatic heterocycles. The van der Waals surface area contributed by atoms with Crippen LogP contribution in [0.15, 0.2) is 66.9 Å². The summed E-state index contributed by atoms with van der Waals surface area (Å²) in [6.45, 7) is 2.69. The monoisotopic (exact) mass is 432 g/mol. The van der Waals surface area contributed by atoms with E-state index in [0.717, 1.165) is 25.2 Å². The van der Waals surface area contributed by atoms with Gasteiger partial charge in [-0.3, -0.25) is 4.79 Å². The van der Waals surface area contributed by atoms with Crippen LogP contribution in [0.3, 0.4) is 0 Å². The van der Waals surface area contributed by atoms with Crippen molar-refractivity contribution in [3.8, 4) is 11.5 Å². The Labute approximate surface area is 188 Å². The van der Waals surface area contributed by atoms with E-state index in [9.17, 15) is 4.79 Å². The van der Waals surface area contributed by atoms with Gasteiger partial charge in [-0.05, 0) is 29.8 Å². The summed E-state index contributed by atoms with van der Waals surface area (Å²) in [5.74, 6) is 1.91. The van der Waals surface area contributed by atoms with E-state index in [1.807, 2.05) is 36.4 Å². The van der Waals surface area contributed by atoms with E-state index in [4.69, 9.17) is 9.47 Å². The van der Waals surface area contributed by atoms with Gasteiger partial charge in [0, 0.05) is 50.0 Å². The topological polar surface area (TPSA) is 75.7 Å². The van der Waals surface area contributed by atoms with Crippen molar-refractivity contribution in [2.24, 2.45) is 0 Å². The molecule has 0 bridgehead atoms. The lowest BCUT2D eigenvalue weighted by Gasteiger charge is -2.35. The fourth-order valence-corrected chi connectivity index (χ4v) is 3.95. The van der Waals surface area contributed by atoms with E-state index in [-0.39, 0.29) is 11.9 Å². The van der Waals surface area contributed by atoms with Crippen LogP contribution in [0.1, 0.15) is 27.5 Å². The molecule has 1 atom stereocenters. The second-order valence-electron chi connectivity index (χ2n) is 7.60. The first kappa shape index (κ1) is 21.6. The predicted molar refractivity (Wildman–Crippen MR) is 124 cm³/mol. The lowest BCUT2D eigenvalue weighted by molar-refractivity contribution is 0.0950. The maximum absolute atomic E-state index is 13.1. The Balaban J connectivity index is 1.49. The third kappa shape index (κ3) is 4.84. The summed E-state index contributed by atoms with van der Waals surface area (Å²) in [7, 11) is 3.21. The molecule has 1 aromatic heterocycles. The van der Waals surface area contributed by atoms with Crippen LogP contribution in [0.4, 0.5) is 5.82 Å². The highest BCUT2D eigenvalue weighted by Crippen LogP contribution is 2.26. The lowest BCUT2D eigenvalue weighted by Crippen LogP contribution is -2.46. The van der Waals surface area contributed by atoms with Crippen molar-refractivity contribution < 1.29 is 14.3 Å². The number of nitrogens with zero attached hydrogens (tertiary/aromatic N) is 2. The maximum atomic E-state index is 13.1. The first-order chi connectivity index (χ1) is 15.7. The molecule has 0 aliphatic carbocycles. The van der Waals surface area contributed by atoms with E-state index < -0.39 is 0 Å². The zero-order chi connectivity index (χ0) is 22.3. The van der Waals surface area contributed by atoms with Crippen molar-refractivity contribution >= 4 is 11.7 Å². The van der Waals surface area contributed by atoms with Gasteiger partial charge in [0.2, 0.25) is 0 Å². The van der Waals surface area contributed by atoms with Gasteiger partial charge in [-0.2, -0.15) is 0 Å². The summed E-state index contributed by atoms with van der Waals surface area (Å²) in [5.41, 5.74) is 2.66. The van der Waals surface area contributed by atoms with Gasteiger partial charge in [0.1, 0.15) is 17.3 Å². The van der Waals surface area contributed by atoms with Crippen molar-refractivity contribution in [2.75, 3.05) is 38.8 Å². The van der Waals surface area contributed by atoms with Crippen molar-refractivity contribution in [3.63, 3.8) is 0 Å². The van der Waals surface area contributed by atoms with Crippen molar-refractivity contribution in [2.45, 2.75) is 12.6 Å². The number of ether oxygens (including phenoxy) is 2. The number of hydrogen-bond acceptors (Lipinski definition) is 6. The van der Waals surface area contributed by atoms with Gasteiger partial charge in [0.25, 0.3) is 5.91 Å². The average Bonchev–Trinajstić information content (AvgIpc) is 2.87. The van der Waals surface area contributed by atoms with Gasteiger partial charge >= 0.3 is 0 Å². The molecule has 1 aliphatic rings. The molecule has 1 saturated heterocycles. The second-order valence-corrected chi connectivity index (χ2v) is 7.60. The fourth-order valence-electron chi connectivity index (χ4n) is 3.95. The molecule has 2 aromatic carbocycles. The van der Waals surface area contributed by atoms with E-state index in [0.29, 0.717) is 29.4 Å². The van der Waals surface area contributed by atoms with Gasteiger partial charge in [-0.15, -0.1) is 0 Å². The number of amides is 1. The van der Waals surface area contributed by atoms with Crippen LogP contribution in [0, 0.1) is 0 Å². The molecule has 0 radical (unpaired) electrons. The number of aromatic nitrogens is 1. The molecule has 2 heterocycles. The van der Waals surface area contributed by atoms with Crippen LogP contribution in [0.5, 0.6) is 11.5 Å². The smallest absolute Gasteiger partial charge is 0.255 e. The first-order valence-electron chi connectivity index (χ1n) is 10.7. The third-order valence-corrected chi connectivity index (χ3v) is 5.64. The summed E-state index contributed by atoms with van der Waals surface area (Å²) in [5, 5.41) is 6.57. The summed E-state index contributed by atoms with van der Waals surface area (Å²) >= 11 is 0. The summed E-state index contributed by atoms with van der Waals surface area (Å²) < 4.78 is 10.7. The minimum absolute atomic E-state index is 0.166. The maximum Gasteiger partial charge on any atom is 0.255 e. The van der Waals surface area contributed by atoms with Crippen LogP contribution in [-0.4, -0.2) is 44.7 Å². The van der Waals surface area contributed by atoms with Gasteiger partial charge in [-0.25, -0.2) is 4.98 Å². The Hall–Kier alpha value is -3.58. The Morgan fingerprint density at radius 3 is 2.75 bits per heavy atom. The highest BCUT2D eigenvalue weighted by atomic mass is 16.5. The average molecular weight is 433 g/mol. The number of anilines is 1. The van der Waals surface area contributed by atoms with E-state index in [1.165, 1.54) is 5.56 Å². The largest absolute Gasteiger partial charge is 0.497 e. The number of hydrogen-bond donors (Lipinski definition) is 2. The number of nitrogens with one attached hydrogen (secondary N) is 2. The van der Waals surface area contributed by atoms with Gasteiger partial charge in [0.05, 0.1) is 19.8 Å². The zero-order valence-corrected chi connectivity index (χ0v) is 18.4. The SMILES string of the molecule is COc1ccc(CNC(=O)c2cccnc2N2CCN[C@@H](c3ccccc3)C2)c(OC)c1. The van der Waals surface area contributed by atoms with Crippen LogP contribution < -0.4 is 25.0 Å². The van der Waals surface area contributed by atoms with Crippen molar-refractivity contribution in [1.29, 1.82) is 0 Å². The molecule has 1 amide bonds. The fraction of sp³-hybridized carbons (Fsp3) is 0.280. The summed E-state index contributed by atoms with van der Waals surface area (Å²) in [6.07, 6.45) is 1.73. The minimum Gasteiger partial charge on any atom is -0.497 e. The molecule has 0 spiro atoms. The molecule has 3 aromatic rings. The lowest BCUT2D eigenvalue weighted by atomic mass is 10.0. The van der Waals surface area contributed by atoms with Crippen molar-refractivity contribution in [3.05, 3.63) is 83.6 Å². The molecule has 7 nitrogen and oxygen atoms in total. The molecular formula is C25H28N4O3. The number of methoxy groups -OCH3 is 2. The van der Waals surface area contributed by atoms with E-state index in [1.54, 1.807) is 32.5 Å². The molecule has 7 heteroatoms. The number of carbonyl (C=O) groups excluding carboxylic acids is 1. The molecule has 0 saturated carbocycles. The van der Waals surface area contributed by atoms with E-state index >= 15 is 0 Å². The summed E-state index contributed by atoms with van der Waals surface area (Å²) in [6, 6.07) is 19.7. The molecular weight excluding hydrogens is 404 g/mol. The Bertz CT molecular complexity index is 1060. The van der Waals surface area contributed by atoms with Gasteiger partial charge in [-0.1, -0.05) is 30.3 Å². The Morgan fingerprint density at radius 1 is 1.12 bits per heavy atom. The van der Waals surface area contributed by atoms with Crippen LogP contribution in [0.25, 0.3) is 0 Å². The first-order valence-corrected chi connectivity index (χ1v) is 10.7. The third-order valence-electron chi connectivity index (χ3n) is 5.64. The molecule has 0 unspecified atom stereocenters. The van der Waals surface area contributed by atoms with Gasteiger partial charge < -0.3 is 25.0 Å². The highest BCUT2D eigenvalue weighted by Gasteiger charge is 2.25. The second kappa shape index (κ2) is 10.2. The van der Waals surface area contributed by atoms with Crippen LogP contribution in [-0.2, 0) is 6.54 Å². The number of benzene rings is 2. The number of pyridine rings is 1. The standard InChI is InChI=1S/C25H28N4O3/c1-31-20-11-10-19(23(15-20)32-2)16-28-25(30)21-9-6-12-27-24(21)29-14-13-26-22(17-29)18-7-4-3-5-8-18/h3-12,15,22,26H,13-14,16-17H2,1-2H3,(H,28,30)/t22-/m1/s1. The molecule has 2 N–H and O–H groups in total. The van der Waals surface area contributed by atoms with Gasteiger partial charge in [0.15, 0.2) is 0 Å².